The molecule has 1 aliphatic heterocycles. The second-order valence-electron chi connectivity index (χ2n) is 8.35. The fourth-order valence-electron chi connectivity index (χ4n) is 4.11. The minimum Gasteiger partial charge on any atom is -0.339 e. The second kappa shape index (κ2) is 11.5. The van der Waals surface area contributed by atoms with Crippen LogP contribution in [-0.2, 0) is 0 Å². The van der Waals surface area contributed by atoms with Crippen LogP contribution >= 0.6 is 0 Å². The predicted octanol–water partition coefficient (Wildman–Crippen LogP) is 5.61. The van der Waals surface area contributed by atoms with Crippen molar-refractivity contribution >= 4 is 5.91 Å². The van der Waals surface area contributed by atoms with Gasteiger partial charge in [0.15, 0.2) is 0 Å². The first-order valence-electron chi connectivity index (χ1n) is 11.2. The lowest BCUT2D eigenvalue weighted by Gasteiger charge is -2.32. The highest BCUT2D eigenvalue weighted by molar-refractivity contribution is 5.94. The van der Waals surface area contributed by atoms with Crippen LogP contribution in [0, 0.1) is 5.92 Å². The van der Waals surface area contributed by atoms with Crippen LogP contribution < -0.4 is 5.32 Å². The maximum atomic E-state index is 12.9. The van der Waals surface area contributed by atoms with E-state index in [1.807, 2.05) is 17.0 Å². The summed E-state index contributed by atoms with van der Waals surface area (Å²) in [7, 11) is 0. The van der Waals surface area contributed by atoms with Crippen molar-refractivity contribution in [2.24, 2.45) is 5.92 Å². The first-order valence-corrected chi connectivity index (χ1v) is 11.2. The third kappa shape index (κ3) is 6.64. The molecule has 1 saturated heterocycles. The molecule has 1 amide bonds. The summed E-state index contributed by atoms with van der Waals surface area (Å²) in [6.45, 7) is 11.8. The molecule has 1 aromatic carbocycles. The Labute approximate surface area is 166 Å². The number of nitrogens with zero attached hydrogens (tertiary/aromatic N) is 1. The maximum Gasteiger partial charge on any atom is 0.253 e. The first kappa shape index (κ1) is 21.9. The van der Waals surface area contributed by atoms with E-state index in [-0.39, 0.29) is 5.91 Å². The summed E-state index contributed by atoms with van der Waals surface area (Å²) >= 11 is 0. The Morgan fingerprint density at radius 2 is 1.67 bits per heavy atom. The summed E-state index contributed by atoms with van der Waals surface area (Å²) in [5, 5.41) is 3.61. The Morgan fingerprint density at radius 3 is 2.19 bits per heavy atom. The number of likely N-dealkylation sites (tertiary alicyclic amines) is 1. The van der Waals surface area contributed by atoms with Crippen LogP contribution in [-0.4, -0.2) is 36.5 Å². The van der Waals surface area contributed by atoms with E-state index in [9.17, 15) is 4.79 Å². The number of piperidine rings is 1. The summed E-state index contributed by atoms with van der Waals surface area (Å²) < 4.78 is 0. The fraction of sp³-hybridized carbons (Fsp3) is 0.708. The standard InChI is InChI=1S/C24H40N2O/c1-5-8-21(9-6-2)22-10-12-23(13-11-22)24(27)26-16-14-20(15-17-26)18-25-19(4)7-3/h10-13,19-21,25H,5-9,14-18H2,1-4H3. The summed E-state index contributed by atoms with van der Waals surface area (Å²) in [5.74, 6) is 1.55. The summed E-state index contributed by atoms with van der Waals surface area (Å²) in [5.41, 5.74) is 2.24. The van der Waals surface area contributed by atoms with E-state index in [0.29, 0.717) is 17.9 Å². The average molecular weight is 373 g/mol. The van der Waals surface area contributed by atoms with Crippen molar-refractivity contribution in [3.8, 4) is 0 Å². The molecule has 1 aliphatic rings. The lowest BCUT2D eigenvalue weighted by molar-refractivity contribution is 0.0689. The molecular weight excluding hydrogens is 332 g/mol. The second-order valence-corrected chi connectivity index (χ2v) is 8.35. The number of benzene rings is 1. The summed E-state index contributed by atoms with van der Waals surface area (Å²) in [4.78, 5) is 14.9. The van der Waals surface area contributed by atoms with Gasteiger partial charge < -0.3 is 10.2 Å². The molecule has 0 saturated carbocycles. The van der Waals surface area contributed by atoms with E-state index in [1.54, 1.807) is 0 Å². The number of carbonyl (C=O) groups excluding carboxylic acids is 1. The molecular formula is C24H40N2O. The van der Waals surface area contributed by atoms with E-state index >= 15 is 0 Å². The molecule has 2 rings (SSSR count). The molecule has 0 bridgehead atoms. The Hall–Kier alpha value is -1.35. The highest BCUT2D eigenvalue weighted by atomic mass is 16.2. The van der Waals surface area contributed by atoms with E-state index in [0.717, 1.165) is 38.0 Å². The number of nitrogens with one attached hydrogen (secondary N) is 1. The zero-order valence-corrected chi connectivity index (χ0v) is 18.0. The van der Waals surface area contributed by atoms with Gasteiger partial charge in [-0.3, -0.25) is 4.79 Å². The maximum absolute atomic E-state index is 12.9. The van der Waals surface area contributed by atoms with Gasteiger partial charge in [0.2, 0.25) is 0 Å². The largest absolute Gasteiger partial charge is 0.339 e. The van der Waals surface area contributed by atoms with Gasteiger partial charge in [-0.05, 0) is 75.1 Å². The van der Waals surface area contributed by atoms with Crippen molar-refractivity contribution in [3.63, 3.8) is 0 Å². The predicted molar refractivity (Wildman–Crippen MR) is 115 cm³/mol. The molecule has 3 heteroatoms. The Balaban J connectivity index is 1.87. The summed E-state index contributed by atoms with van der Waals surface area (Å²) in [6.07, 6.45) is 8.30. The molecule has 0 aromatic heterocycles. The highest BCUT2D eigenvalue weighted by Crippen LogP contribution is 2.27. The third-order valence-corrected chi connectivity index (χ3v) is 6.17. The molecule has 1 fully saturated rings. The van der Waals surface area contributed by atoms with Gasteiger partial charge in [0.25, 0.3) is 5.91 Å². The molecule has 1 aromatic rings. The van der Waals surface area contributed by atoms with Gasteiger partial charge in [-0.25, -0.2) is 0 Å². The van der Waals surface area contributed by atoms with Crippen molar-refractivity contribution in [2.75, 3.05) is 19.6 Å². The Morgan fingerprint density at radius 1 is 1.07 bits per heavy atom. The van der Waals surface area contributed by atoms with Crippen LogP contribution in [0.3, 0.4) is 0 Å². The van der Waals surface area contributed by atoms with E-state index in [1.165, 1.54) is 37.7 Å². The monoisotopic (exact) mass is 372 g/mol. The van der Waals surface area contributed by atoms with Crippen LogP contribution in [0.2, 0.25) is 0 Å². The van der Waals surface area contributed by atoms with Crippen LogP contribution in [0.4, 0.5) is 0 Å². The number of carbonyl (C=O) groups is 1. The molecule has 152 valence electrons. The number of hydrogen-bond donors (Lipinski definition) is 1. The van der Waals surface area contributed by atoms with E-state index < -0.39 is 0 Å². The van der Waals surface area contributed by atoms with Gasteiger partial charge in [-0.15, -0.1) is 0 Å². The van der Waals surface area contributed by atoms with Gasteiger partial charge in [-0.2, -0.15) is 0 Å². The molecule has 1 heterocycles. The van der Waals surface area contributed by atoms with E-state index in [4.69, 9.17) is 0 Å². The van der Waals surface area contributed by atoms with Gasteiger partial charge in [0.1, 0.15) is 0 Å². The van der Waals surface area contributed by atoms with Crippen molar-refractivity contribution in [3.05, 3.63) is 35.4 Å². The van der Waals surface area contributed by atoms with Gasteiger partial charge in [-0.1, -0.05) is 45.7 Å². The van der Waals surface area contributed by atoms with E-state index in [2.05, 4.69) is 45.1 Å². The molecule has 1 atom stereocenters. The normalized spacial score (nSPS) is 16.7. The molecule has 1 N–H and O–H groups in total. The van der Waals surface area contributed by atoms with Crippen molar-refractivity contribution in [1.29, 1.82) is 0 Å². The smallest absolute Gasteiger partial charge is 0.253 e. The number of hydrogen-bond acceptors (Lipinski definition) is 2. The molecule has 0 spiro atoms. The van der Waals surface area contributed by atoms with Crippen molar-refractivity contribution < 1.29 is 4.79 Å². The zero-order chi connectivity index (χ0) is 19.6. The Kier molecular flexibility index (Phi) is 9.33. The highest BCUT2D eigenvalue weighted by Gasteiger charge is 2.24. The SMILES string of the molecule is CCCC(CCC)c1ccc(C(=O)N2CCC(CNC(C)CC)CC2)cc1. The zero-order valence-electron chi connectivity index (χ0n) is 18.0. The van der Waals surface area contributed by atoms with Gasteiger partial charge in [0.05, 0.1) is 0 Å². The Bertz CT molecular complexity index is 540. The quantitative estimate of drug-likeness (QED) is 0.579. The number of rotatable bonds is 10. The minimum absolute atomic E-state index is 0.206. The lowest BCUT2D eigenvalue weighted by Crippen LogP contribution is -2.41. The lowest BCUT2D eigenvalue weighted by atomic mass is 9.90. The molecule has 3 nitrogen and oxygen atoms in total. The minimum atomic E-state index is 0.206. The fourth-order valence-corrected chi connectivity index (χ4v) is 4.11. The van der Waals surface area contributed by atoms with Crippen molar-refractivity contribution in [2.45, 2.75) is 84.6 Å². The van der Waals surface area contributed by atoms with Gasteiger partial charge in [0, 0.05) is 24.7 Å². The van der Waals surface area contributed by atoms with Crippen LogP contribution in [0.5, 0.6) is 0 Å². The van der Waals surface area contributed by atoms with Crippen LogP contribution in [0.25, 0.3) is 0 Å². The van der Waals surface area contributed by atoms with Crippen LogP contribution in [0.1, 0.15) is 94.5 Å². The molecule has 0 radical (unpaired) electrons. The van der Waals surface area contributed by atoms with Crippen LogP contribution in [0.15, 0.2) is 24.3 Å². The molecule has 0 aliphatic carbocycles. The van der Waals surface area contributed by atoms with Gasteiger partial charge >= 0.3 is 0 Å². The third-order valence-electron chi connectivity index (χ3n) is 6.17. The van der Waals surface area contributed by atoms with Crippen molar-refractivity contribution in [1.82, 2.24) is 10.2 Å². The molecule has 1 unspecified atom stereocenters. The molecule has 27 heavy (non-hydrogen) atoms. The topological polar surface area (TPSA) is 32.3 Å². The number of amides is 1. The average Bonchev–Trinajstić information content (AvgIpc) is 2.72. The first-order chi connectivity index (χ1) is 13.1. The summed E-state index contributed by atoms with van der Waals surface area (Å²) in [6, 6.07) is 9.06.